The van der Waals surface area contributed by atoms with E-state index in [4.69, 9.17) is 0 Å². The highest BCUT2D eigenvalue weighted by molar-refractivity contribution is 6.14. The zero-order valence-electron chi connectivity index (χ0n) is 11.5. The summed E-state index contributed by atoms with van der Waals surface area (Å²) in [5.41, 5.74) is 1.64. The lowest BCUT2D eigenvalue weighted by molar-refractivity contribution is 0.103. The van der Waals surface area contributed by atoms with Crippen LogP contribution in [0.4, 0.5) is 0 Å². The third-order valence-electron chi connectivity index (χ3n) is 3.55. The van der Waals surface area contributed by atoms with E-state index in [0.29, 0.717) is 16.3 Å². The molecule has 104 valence electrons. The molecule has 0 atom stereocenters. The highest BCUT2D eigenvalue weighted by atomic mass is 16.3. The smallest absolute Gasteiger partial charge is 0.196 e. The predicted octanol–water partition coefficient (Wildman–Crippen LogP) is 3.79. The Balaban J connectivity index is 2.18. The van der Waals surface area contributed by atoms with E-state index in [1.807, 2.05) is 19.1 Å². The molecule has 21 heavy (non-hydrogen) atoms. The van der Waals surface area contributed by atoms with Gasteiger partial charge in [-0.15, -0.1) is 0 Å². The lowest BCUT2D eigenvalue weighted by Gasteiger charge is -2.09. The maximum Gasteiger partial charge on any atom is 0.196 e. The molecule has 2 N–H and O–H groups in total. The Morgan fingerprint density at radius 2 is 1.52 bits per heavy atom. The van der Waals surface area contributed by atoms with E-state index < -0.39 is 0 Å². The van der Waals surface area contributed by atoms with Crippen LogP contribution in [0.2, 0.25) is 0 Å². The molecule has 0 saturated carbocycles. The number of ketones is 1. The van der Waals surface area contributed by atoms with Crippen LogP contribution in [0.25, 0.3) is 10.8 Å². The highest BCUT2D eigenvalue weighted by Gasteiger charge is 2.18. The number of aryl methyl sites for hydroxylation is 1. The van der Waals surface area contributed by atoms with Gasteiger partial charge in [-0.3, -0.25) is 4.79 Å². The number of rotatable bonds is 2. The van der Waals surface area contributed by atoms with Crippen LogP contribution in [0.15, 0.2) is 54.6 Å². The summed E-state index contributed by atoms with van der Waals surface area (Å²) >= 11 is 0. The second-order valence-electron chi connectivity index (χ2n) is 5.03. The number of carbonyl (C=O) groups is 1. The first-order valence-electron chi connectivity index (χ1n) is 6.63. The standard InChI is InChI=1S/C18H14O3/c1-11-6-8-12(9-7-11)17(20)15-10-16(19)13-4-2-3-5-14(13)18(15)21/h2-10,19,21H,1H3. The average Bonchev–Trinajstić information content (AvgIpc) is 2.51. The lowest BCUT2D eigenvalue weighted by atomic mass is 9.97. The molecule has 0 spiro atoms. The molecule has 3 rings (SSSR count). The monoisotopic (exact) mass is 278 g/mol. The van der Waals surface area contributed by atoms with Gasteiger partial charge in [0.05, 0.1) is 5.56 Å². The minimum atomic E-state index is -0.312. The van der Waals surface area contributed by atoms with Crippen molar-refractivity contribution in [3.63, 3.8) is 0 Å². The van der Waals surface area contributed by atoms with Crippen LogP contribution >= 0.6 is 0 Å². The fourth-order valence-corrected chi connectivity index (χ4v) is 2.37. The summed E-state index contributed by atoms with van der Waals surface area (Å²) in [6.07, 6.45) is 0. The van der Waals surface area contributed by atoms with E-state index in [2.05, 4.69) is 0 Å². The number of hydrogen-bond acceptors (Lipinski definition) is 3. The second kappa shape index (κ2) is 4.94. The maximum atomic E-state index is 12.5. The van der Waals surface area contributed by atoms with Gasteiger partial charge in [-0.05, 0) is 13.0 Å². The Kier molecular flexibility index (Phi) is 3.10. The van der Waals surface area contributed by atoms with Crippen molar-refractivity contribution in [1.29, 1.82) is 0 Å². The van der Waals surface area contributed by atoms with Crippen molar-refractivity contribution < 1.29 is 15.0 Å². The molecule has 0 fully saturated rings. The SMILES string of the molecule is Cc1ccc(C(=O)c2cc(O)c3ccccc3c2O)cc1. The van der Waals surface area contributed by atoms with Gasteiger partial charge >= 0.3 is 0 Å². The number of hydrogen-bond donors (Lipinski definition) is 2. The molecule has 0 aliphatic rings. The number of carbonyl (C=O) groups excluding carboxylic acids is 1. The summed E-state index contributed by atoms with van der Waals surface area (Å²) in [5.74, 6) is -0.429. The van der Waals surface area contributed by atoms with Crippen LogP contribution in [0, 0.1) is 6.92 Å². The summed E-state index contributed by atoms with van der Waals surface area (Å²) in [6, 6.07) is 15.3. The van der Waals surface area contributed by atoms with Crippen molar-refractivity contribution in [2.24, 2.45) is 0 Å². The normalized spacial score (nSPS) is 10.7. The van der Waals surface area contributed by atoms with Gasteiger partial charge in [-0.1, -0.05) is 54.1 Å². The molecule has 0 amide bonds. The Morgan fingerprint density at radius 1 is 0.905 bits per heavy atom. The first-order valence-corrected chi connectivity index (χ1v) is 6.63. The number of phenols is 2. The molecular weight excluding hydrogens is 264 g/mol. The van der Waals surface area contributed by atoms with Gasteiger partial charge < -0.3 is 10.2 Å². The van der Waals surface area contributed by atoms with Crippen LogP contribution < -0.4 is 0 Å². The molecule has 3 aromatic carbocycles. The fourth-order valence-electron chi connectivity index (χ4n) is 2.37. The summed E-state index contributed by atoms with van der Waals surface area (Å²) < 4.78 is 0. The summed E-state index contributed by atoms with van der Waals surface area (Å²) in [5, 5.41) is 21.4. The Hall–Kier alpha value is -2.81. The number of fused-ring (bicyclic) bond motifs is 1. The van der Waals surface area contributed by atoms with Crippen LogP contribution in [-0.4, -0.2) is 16.0 Å². The van der Waals surface area contributed by atoms with Gasteiger partial charge in [-0.25, -0.2) is 0 Å². The quantitative estimate of drug-likeness (QED) is 0.554. The van der Waals surface area contributed by atoms with Gasteiger partial charge in [0.25, 0.3) is 0 Å². The van der Waals surface area contributed by atoms with Crippen molar-refractivity contribution in [1.82, 2.24) is 0 Å². The minimum absolute atomic E-state index is 0.0149. The van der Waals surface area contributed by atoms with Gasteiger partial charge in [0.15, 0.2) is 5.78 Å². The van der Waals surface area contributed by atoms with Crippen molar-refractivity contribution in [3.8, 4) is 11.5 Å². The predicted molar refractivity (Wildman–Crippen MR) is 81.9 cm³/mol. The van der Waals surface area contributed by atoms with E-state index in [1.165, 1.54) is 6.07 Å². The Bertz CT molecular complexity index is 833. The molecule has 0 aliphatic carbocycles. The van der Waals surface area contributed by atoms with E-state index in [1.54, 1.807) is 36.4 Å². The van der Waals surface area contributed by atoms with Crippen LogP contribution in [0.1, 0.15) is 21.5 Å². The molecule has 0 bridgehead atoms. The van der Waals surface area contributed by atoms with Crippen molar-refractivity contribution in [2.75, 3.05) is 0 Å². The maximum absolute atomic E-state index is 12.5. The fraction of sp³-hybridized carbons (Fsp3) is 0.0556. The first-order chi connectivity index (χ1) is 10.1. The molecule has 3 heteroatoms. The van der Waals surface area contributed by atoms with Crippen LogP contribution in [0.5, 0.6) is 11.5 Å². The molecule has 0 radical (unpaired) electrons. The van der Waals surface area contributed by atoms with E-state index in [-0.39, 0.29) is 22.8 Å². The summed E-state index contributed by atoms with van der Waals surface area (Å²) in [4.78, 5) is 12.5. The first kappa shape index (κ1) is 13.2. The molecule has 0 aromatic heterocycles. The van der Waals surface area contributed by atoms with Crippen LogP contribution in [0.3, 0.4) is 0 Å². The van der Waals surface area contributed by atoms with E-state index in [0.717, 1.165) is 5.56 Å². The zero-order chi connectivity index (χ0) is 15.0. The summed E-state index contributed by atoms with van der Waals surface area (Å²) in [7, 11) is 0. The zero-order valence-corrected chi connectivity index (χ0v) is 11.5. The molecule has 0 saturated heterocycles. The van der Waals surface area contributed by atoms with Gasteiger partial charge in [-0.2, -0.15) is 0 Å². The van der Waals surface area contributed by atoms with Crippen LogP contribution in [-0.2, 0) is 0 Å². The largest absolute Gasteiger partial charge is 0.507 e. The Labute approximate surface area is 122 Å². The van der Waals surface area contributed by atoms with E-state index in [9.17, 15) is 15.0 Å². The number of phenolic OH excluding ortho intramolecular Hbond substituents is 2. The Morgan fingerprint density at radius 3 is 2.19 bits per heavy atom. The third-order valence-corrected chi connectivity index (χ3v) is 3.55. The van der Waals surface area contributed by atoms with Crippen molar-refractivity contribution >= 4 is 16.6 Å². The highest BCUT2D eigenvalue weighted by Crippen LogP contribution is 2.36. The van der Waals surface area contributed by atoms with Gasteiger partial charge in [0.2, 0.25) is 0 Å². The van der Waals surface area contributed by atoms with Crippen molar-refractivity contribution in [2.45, 2.75) is 6.92 Å². The molecule has 0 unspecified atom stereocenters. The van der Waals surface area contributed by atoms with Crippen molar-refractivity contribution in [3.05, 3.63) is 71.3 Å². The minimum Gasteiger partial charge on any atom is -0.507 e. The summed E-state index contributed by atoms with van der Waals surface area (Å²) in [6.45, 7) is 1.94. The molecule has 3 nitrogen and oxygen atoms in total. The molecule has 0 heterocycles. The lowest BCUT2D eigenvalue weighted by Crippen LogP contribution is -2.02. The third kappa shape index (κ3) is 2.23. The number of aromatic hydroxyl groups is 2. The number of benzene rings is 3. The van der Waals surface area contributed by atoms with Gasteiger partial charge in [0, 0.05) is 16.3 Å². The van der Waals surface area contributed by atoms with E-state index >= 15 is 0 Å². The topological polar surface area (TPSA) is 57.5 Å². The molecular formula is C18H14O3. The molecule has 3 aromatic rings. The second-order valence-corrected chi connectivity index (χ2v) is 5.03. The average molecular weight is 278 g/mol. The van der Waals surface area contributed by atoms with Gasteiger partial charge in [0.1, 0.15) is 11.5 Å². The molecule has 0 aliphatic heterocycles.